The Bertz CT molecular complexity index is 550. The van der Waals surface area contributed by atoms with Gasteiger partial charge in [0, 0.05) is 10.7 Å². The molecular weight excluding hydrogens is 274 g/mol. The monoisotopic (exact) mass is 283 g/mol. The largest absolute Gasteiger partial charge is 0.464 e. The Hall–Kier alpha value is -1.40. The molecule has 5 nitrogen and oxygen atoms in total. The molecule has 0 fully saturated rings. The number of halogens is 1. The number of aromatic nitrogens is 2. The molecule has 0 aromatic carbocycles. The molecule has 0 bridgehead atoms. The summed E-state index contributed by atoms with van der Waals surface area (Å²) in [4.78, 5) is 15.7. The Morgan fingerprint density at radius 1 is 1.69 bits per heavy atom. The molecule has 0 radical (unpaired) electrons. The number of ether oxygens (including phenoxy) is 1. The third-order valence-corrected chi connectivity index (χ3v) is 2.89. The summed E-state index contributed by atoms with van der Waals surface area (Å²) < 4.78 is 7.24. The lowest BCUT2D eigenvalue weighted by molar-refractivity contribution is 0.0597. The summed E-state index contributed by atoms with van der Waals surface area (Å²) in [5.74, 6) is 0.154. The van der Waals surface area contributed by atoms with Crippen LogP contribution in [0.25, 0.3) is 5.52 Å². The zero-order valence-electron chi connectivity index (χ0n) is 8.61. The molecular formula is C10H10BrN3O2. The second-order valence-electron chi connectivity index (χ2n) is 3.15. The minimum absolute atomic E-state index is 0.259. The van der Waals surface area contributed by atoms with Crippen molar-refractivity contribution in [1.29, 1.82) is 0 Å². The SMILES string of the molecule is COC(=O)c1nc(CN)n2cccc(Br)c12. The fraction of sp³-hybridized carbons (Fsp3) is 0.200. The molecule has 0 unspecified atom stereocenters. The molecule has 0 atom stereocenters. The Labute approximate surface area is 100 Å². The maximum atomic E-state index is 11.5. The number of esters is 1. The van der Waals surface area contributed by atoms with Crippen molar-refractivity contribution in [2.45, 2.75) is 6.54 Å². The van der Waals surface area contributed by atoms with Crippen LogP contribution in [0.5, 0.6) is 0 Å². The Morgan fingerprint density at radius 3 is 3.06 bits per heavy atom. The van der Waals surface area contributed by atoms with Crippen LogP contribution in [0.4, 0.5) is 0 Å². The van der Waals surface area contributed by atoms with E-state index >= 15 is 0 Å². The van der Waals surface area contributed by atoms with Crippen LogP contribution in [-0.2, 0) is 11.3 Å². The van der Waals surface area contributed by atoms with Crippen LogP contribution in [0.1, 0.15) is 16.3 Å². The van der Waals surface area contributed by atoms with Crippen molar-refractivity contribution in [3.8, 4) is 0 Å². The van der Waals surface area contributed by atoms with E-state index in [2.05, 4.69) is 25.7 Å². The standard InChI is InChI=1S/C10H10BrN3O2/c1-16-10(15)8-9-6(11)3-2-4-14(9)7(5-12)13-8/h2-4H,5,12H2,1H3. The summed E-state index contributed by atoms with van der Waals surface area (Å²) >= 11 is 3.38. The van der Waals surface area contributed by atoms with Crippen molar-refractivity contribution in [3.05, 3.63) is 34.3 Å². The van der Waals surface area contributed by atoms with Gasteiger partial charge in [-0.2, -0.15) is 0 Å². The van der Waals surface area contributed by atoms with E-state index in [1.165, 1.54) is 7.11 Å². The molecule has 84 valence electrons. The Kier molecular flexibility index (Phi) is 2.93. The highest BCUT2D eigenvalue weighted by Crippen LogP contribution is 2.23. The van der Waals surface area contributed by atoms with Gasteiger partial charge in [0.15, 0.2) is 5.69 Å². The zero-order chi connectivity index (χ0) is 11.7. The van der Waals surface area contributed by atoms with Crippen molar-refractivity contribution >= 4 is 27.4 Å². The third kappa shape index (κ3) is 1.60. The van der Waals surface area contributed by atoms with Gasteiger partial charge in [0.1, 0.15) is 5.82 Å². The topological polar surface area (TPSA) is 69.6 Å². The lowest BCUT2D eigenvalue weighted by Crippen LogP contribution is -2.03. The zero-order valence-corrected chi connectivity index (χ0v) is 10.2. The van der Waals surface area contributed by atoms with Gasteiger partial charge in [-0.25, -0.2) is 9.78 Å². The molecule has 0 saturated carbocycles. The second-order valence-corrected chi connectivity index (χ2v) is 4.00. The normalized spacial score (nSPS) is 10.7. The van der Waals surface area contributed by atoms with E-state index in [1.807, 2.05) is 18.3 Å². The van der Waals surface area contributed by atoms with Crippen LogP contribution in [0.15, 0.2) is 22.8 Å². The summed E-state index contributed by atoms with van der Waals surface area (Å²) in [6.07, 6.45) is 1.81. The van der Waals surface area contributed by atoms with Gasteiger partial charge in [0.05, 0.1) is 19.2 Å². The van der Waals surface area contributed by atoms with Crippen LogP contribution in [-0.4, -0.2) is 22.5 Å². The third-order valence-electron chi connectivity index (χ3n) is 2.25. The number of imidazole rings is 1. The molecule has 0 aliphatic heterocycles. The number of hydrogen-bond donors (Lipinski definition) is 1. The van der Waals surface area contributed by atoms with E-state index in [4.69, 9.17) is 5.73 Å². The maximum absolute atomic E-state index is 11.5. The average molecular weight is 284 g/mol. The molecule has 2 aromatic rings. The van der Waals surface area contributed by atoms with E-state index in [9.17, 15) is 4.79 Å². The number of nitrogens with zero attached hydrogens (tertiary/aromatic N) is 2. The number of rotatable bonds is 2. The maximum Gasteiger partial charge on any atom is 0.358 e. The number of fused-ring (bicyclic) bond motifs is 1. The quantitative estimate of drug-likeness (QED) is 0.845. The molecule has 2 N–H and O–H groups in total. The first kappa shape index (κ1) is 11.1. The Morgan fingerprint density at radius 2 is 2.44 bits per heavy atom. The summed E-state index contributed by atoms with van der Waals surface area (Å²) in [5, 5.41) is 0. The van der Waals surface area contributed by atoms with E-state index in [-0.39, 0.29) is 12.2 Å². The van der Waals surface area contributed by atoms with Gasteiger partial charge in [0.2, 0.25) is 0 Å². The first-order valence-electron chi connectivity index (χ1n) is 4.63. The van der Waals surface area contributed by atoms with Crippen molar-refractivity contribution in [2.75, 3.05) is 7.11 Å². The second kappa shape index (κ2) is 4.23. The van der Waals surface area contributed by atoms with E-state index < -0.39 is 5.97 Å². The minimum atomic E-state index is -0.468. The fourth-order valence-electron chi connectivity index (χ4n) is 1.54. The van der Waals surface area contributed by atoms with Gasteiger partial charge in [-0.05, 0) is 28.1 Å². The number of carbonyl (C=O) groups excluding carboxylic acids is 1. The smallest absolute Gasteiger partial charge is 0.358 e. The average Bonchev–Trinajstić information content (AvgIpc) is 2.68. The summed E-state index contributed by atoms with van der Waals surface area (Å²) in [6.45, 7) is 0.259. The van der Waals surface area contributed by atoms with Gasteiger partial charge in [-0.1, -0.05) is 0 Å². The van der Waals surface area contributed by atoms with Crippen molar-refractivity contribution < 1.29 is 9.53 Å². The highest BCUT2D eigenvalue weighted by atomic mass is 79.9. The lowest BCUT2D eigenvalue weighted by Gasteiger charge is -2.00. The molecule has 0 aliphatic rings. The van der Waals surface area contributed by atoms with Gasteiger partial charge in [-0.3, -0.25) is 0 Å². The molecule has 2 aromatic heterocycles. The molecule has 0 spiro atoms. The van der Waals surface area contributed by atoms with Gasteiger partial charge in [-0.15, -0.1) is 0 Å². The predicted octanol–water partition coefficient (Wildman–Crippen LogP) is 1.34. The summed E-state index contributed by atoms with van der Waals surface area (Å²) in [7, 11) is 1.33. The highest BCUT2D eigenvalue weighted by Gasteiger charge is 2.18. The van der Waals surface area contributed by atoms with Crippen molar-refractivity contribution in [3.63, 3.8) is 0 Å². The molecule has 0 amide bonds. The summed E-state index contributed by atoms with van der Waals surface area (Å²) in [5.41, 5.74) is 6.52. The number of hydrogen-bond acceptors (Lipinski definition) is 4. The number of carbonyl (C=O) groups is 1. The van der Waals surface area contributed by atoms with Crippen molar-refractivity contribution in [1.82, 2.24) is 9.38 Å². The predicted molar refractivity (Wildman–Crippen MR) is 62.1 cm³/mol. The van der Waals surface area contributed by atoms with Gasteiger partial charge < -0.3 is 14.9 Å². The van der Waals surface area contributed by atoms with Crippen LogP contribution >= 0.6 is 15.9 Å². The van der Waals surface area contributed by atoms with Gasteiger partial charge >= 0.3 is 5.97 Å². The van der Waals surface area contributed by atoms with Crippen LogP contribution in [0.2, 0.25) is 0 Å². The van der Waals surface area contributed by atoms with Crippen LogP contribution in [0, 0.1) is 0 Å². The molecule has 2 heterocycles. The molecule has 2 rings (SSSR count). The Balaban J connectivity index is 2.79. The van der Waals surface area contributed by atoms with Gasteiger partial charge in [0.25, 0.3) is 0 Å². The molecule has 0 aliphatic carbocycles. The first-order valence-corrected chi connectivity index (χ1v) is 5.42. The number of methoxy groups -OCH3 is 1. The number of pyridine rings is 1. The fourth-order valence-corrected chi connectivity index (χ4v) is 2.07. The van der Waals surface area contributed by atoms with E-state index in [0.29, 0.717) is 11.3 Å². The first-order chi connectivity index (χ1) is 7.69. The van der Waals surface area contributed by atoms with E-state index in [0.717, 1.165) is 4.47 Å². The lowest BCUT2D eigenvalue weighted by atomic mass is 10.3. The van der Waals surface area contributed by atoms with Crippen LogP contribution in [0.3, 0.4) is 0 Å². The van der Waals surface area contributed by atoms with E-state index in [1.54, 1.807) is 4.40 Å². The highest BCUT2D eigenvalue weighted by molar-refractivity contribution is 9.10. The molecule has 16 heavy (non-hydrogen) atoms. The molecule has 6 heteroatoms. The van der Waals surface area contributed by atoms with Crippen LogP contribution < -0.4 is 5.73 Å². The molecule has 0 saturated heterocycles. The van der Waals surface area contributed by atoms with Crippen molar-refractivity contribution in [2.24, 2.45) is 5.73 Å². The minimum Gasteiger partial charge on any atom is -0.464 e. The number of nitrogens with two attached hydrogens (primary N) is 1. The summed E-state index contributed by atoms with van der Waals surface area (Å²) in [6, 6.07) is 3.68.